The molecule has 0 bridgehead atoms. The molecule has 3 rings (SSSR count). The molecule has 0 aliphatic carbocycles. The average Bonchev–Trinajstić information content (AvgIpc) is 3.08. The van der Waals surface area contributed by atoms with E-state index in [2.05, 4.69) is 26.5 Å². The van der Waals surface area contributed by atoms with Crippen LogP contribution in [0.25, 0.3) is 16.4 Å². The first kappa shape index (κ1) is 10.6. The van der Waals surface area contributed by atoms with E-state index in [-0.39, 0.29) is 0 Å². The van der Waals surface area contributed by atoms with Crippen molar-refractivity contribution < 1.29 is 0 Å². The maximum atomic E-state index is 8.77. The topological polar surface area (TPSA) is 80.3 Å². The van der Waals surface area contributed by atoms with Gasteiger partial charge in [0.25, 0.3) is 0 Å². The van der Waals surface area contributed by atoms with Crippen molar-refractivity contribution >= 4 is 11.3 Å². The van der Waals surface area contributed by atoms with E-state index in [1.807, 2.05) is 12.1 Å². The van der Waals surface area contributed by atoms with Crippen LogP contribution in [0.4, 0.5) is 0 Å². The third-order valence-corrected chi connectivity index (χ3v) is 3.19. The summed E-state index contributed by atoms with van der Waals surface area (Å²) < 4.78 is 0. The first-order valence-electron chi connectivity index (χ1n) is 5.07. The minimum absolute atomic E-state index is 0.509. The van der Waals surface area contributed by atoms with Crippen molar-refractivity contribution in [1.29, 1.82) is 5.26 Å². The van der Waals surface area contributed by atoms with E-state index in [0.29, 0.717) is 10.7 Å². The minimum Gasteiger partial charge on any atom is -0.264 e. The minimum atomic E-state index is 0.509. The predicted molar refractivity (Wildman–Crippen MR) is 65.0 cm³/mol. The molecule has 3 aromatic rings. The first-order valence-corrected chi connectivity index (χ1v) is 5.89. The van der Waals surface area contributed by atoms with Crippen molar-refractivity contribution in [1.82, 2.24) is 25.2 Å². The van der Waals surface area contributed by atoms with Crippen molar-refractivity contribution in [2.75, 3.05) is 0 Å². The van der Waals surface area contributed by atoms with Gasteiger partial charge in [0.2, 0.25) is 5.82 Å². The van der Waals surface area contributed by atoms with Gasteiger partial charge in [-0.2, -0.15) is 5.26 Å². The Morgan fingerprint density at radius 3 is 2.94 bits per heavy atom. The summed E-state index contributed by atoms with van der Waals surface area (Å²) in [4.78, 5) is 6.03. The van der Waals surface area contributed by atoms with Crippen molar-refractivity contribution in [3.63, 3.8) is 0 Å². The SMILES string of the molecule is N#Cc1ccc(-n2nnc(-c3cccnc3)n2)s1. The highest BCUT2D eigenvalue weighted by Gasteiger charge is 2.08. The van der Waals surface area contributed by atoms with Crippen LogP contribution in [0.2, 0.25) is 0 Å². The molecule has 0 radical (unpaired) electrons. The molecule has 86 valence electrons. The maximum absolute atomic E-state index is 8.77. The summed E-state index contributed by atoms with van der Waals surface area (Å²) in [6, 6.07) is 9.27. The number of hydrogen-bond acceptors (Lipinski definition) is 6. The second-order valence-electron chi connectivity index (χ2n) is 3.39. The van der Waals surface area contributed by atoms with Crippen LogP contribution in [0.15, 0.2) is 36.7 Å². The first-order chi connectivity index (χ1) is 8.86. The molecule has 6 nitrogen and oxygen atoms in total. The summed E-state index contributed by atoms with van der Waals surface area (Å²) in [6.45, 7) is 0. The van der Waals surface area contributed by atoms with E-state index in [1.165, 1.54) is 16.1 Å². The molecule has 7 heteroatoms. The van der Waals surface area contributed by atoms with Gasteiger partial charge in [-0.1, -0.05) is 0 Å². The molecule has 3 aromatic heterocycles. The van der Waals surface area contributed by atoms with Crippen LogP contribution in [0.3, 0.4) is 0 Å². The Bertz CT molecular complexity index is 708. The lowest BCUT2D eigenvalue weighted by Gasteiger charge is -1.91. The van der Waals surface area contributed by atoms with Gasteiger partial charge in [0.05, 0.1) is 0 Å². The standard InChI is InChI=1S/C11H6N6S/c12-6-9-3-4-10(18-9)17-15-11(14-16-17)8-2-1-5-13-7-8/h1-5,7H. The molecular weight excluding hydrogens is 248 g/mol. The van der Waals surface area contributed by atoms with Gasteiger partial charge in [-0.3, -0.25) is 4.98 Å². The smallest absolute Gasteiger partial charge is 0.206 e. The van der Waals surface area contributed by atoms with Crippen molar-refractivity contribution in [3.8, 4) is 22.5 Å². The third-order valence-electron chi connectivity index (χ3n) is 2.23. The monoisotopic (exact) mass is 254 g/mol. The number of aromatic nitrogens is 5. The molecule has 0 spiro atoms. The average molecular weight is 254 g/mol. The Morgan fingerprint density at radius 1 is 1.28 bits per heavy atom. The molecule has 0 N–H and O–H groups in total. The van der Waals surface area contributed by atoms with Gasteiger partial charge in [0.15, 0.2) is 0 Å². The van der Waals surface area contributed by atoms with Gasteiger partial charge < -0.3 is 0 Å². The molecule has 0 fully saturated rings. The van der Waals surface area contributed by atoms with Crippen LogP contribution in [-0.4, -0.2) is 25.2 Å². The summed E-state index contributed by atoms with van der Waals surface area (Å²) in [5.41, 5.74) is 0.806. The predicted octanol–water partition coefficient (Wildman–Crippen LogP) is 1.66. The lowest BCUT2D eigenvalue weighted by Crippen LogP contribution is -1.95. The molecule has 0 atom stereocenters. The number of thiophene rings is 1. The molecular formula is C11H6N6S. The maximum Gasteiger partial charge on any atom is 0.206 e. The fourth-order valence-corrected chi connectivity index (χ4v) is 2.12. The second kappa shape index (κ2) is 4.35. The van der Waals surface area contributed by atoms with Crippen molar-refractivity contribution in [2.24, 2.45) is 0 Å². The summed E-state index contributed by atoms with van der Waals surface area (Å²) in [6.07, 6.45) is 3.36. The molecule has 18 heavy (non-hydrogen) atoms. The zero-order valence-corrected chi connectivity index (χ0v) is 9.87. The summed E-state index contributed by atoms with van der Waals surface area (Å²) in [5.74, 6) is 0.509. The highest BCUT2D eigenvalue weighted by Crippen LogP contribution is 2.19. The van der Waals surface area contributed by atoms with Gasteiger partial charge in [-0.15, -0.1) is 26.3 Å². The second-order valence-corrected chi connectivity index (χ2v) is 4.46. The Morgan fingerprint density at radius 2 is 2.22 bits per heavy atom. The number of hydrogen-bond donors (Lipinski definition) is 0. The van der Waals surface area contributed by atoms with Crippen LogP contribution in [-0.2, 0) is 0 Å². The van der Waals surface area contributed by atoms with Crippen molar-refractivity contribution in [2.45, 2.75) is 0 Å². The molecule has 0 amide bonds. The van der Waals surface area contributed by atoms with E-state index in [9.17, 15) is 0 Å². The van der Waals surface area contributed by atoms with E-state index >= 15 is 0 Å². The van der Waals surface area contributed by atoms with Gasteiger partial charge >= 0.3 is 0 Å². The quantitative estimate of drug-likeness (QED) is 0.694. The van der Waals surface area contributed by atoms with Gasteiger partial charge in [-0.05, 0) is 29.5 Å². The van der Waals surface area contributed by atoms with Crippen LogP contribution in [0.5, 0.6) is 0 Å². The molecule has 0 aromatic carbocycles. The van der Waals surface area contributed by atoms with Crippen LogP contribution in [0.1, 0.15) is 4.88 Å². The van der Waals surface area contributed by atoms with Gasteiger partial charge in [-0.25, -0.2) is 0 Å². The van der Waals surface area contributed by atoms with E-state index < -0.39 is 0 Å². The molecule has 3 heterocycles. The van der Waals surface area contributed by atoms with E-state index in [4.69, 9.17) is 5.26 Å². The molecule has 0 unspecified atom stereocenters. The zero-order chi connectivity index (χ0) is 12.4. The Hall–Kier alpha value is -2.59. The highest BCUT2D eigenvalue weighted by atomic mass is 32.1. The number of pyridine rings is 1. The number of tetrazole rings is 1. The highest BCUT2D eigenvalue weighted by molar-refractivity contribution is 7.15. The fourth-order valence-electron chi connectivity index (χ4n) is 1.41. The Labute approximate surface area is 106 Å². The lowest BCUT2D eigenvalue weighted by molar-refractivity contribution is 0.731. The van der Waals surface area contributed by atoms with Crippen LogP contribution < -0.4 is 0 Å². The normalized spacial score (nSPS) is 10.2. The number of nitriles is 1. The lowest BCUT2D eigenvalue weighted by atomic mass is 10.3. The largest absolute Gasteiger partial charge is 0.264 e. The van der Waals surface area contributed by atoms with Gasteiger partial charge in [0.1, 0.15) is 15.9 Å². The third kappa shape index (κ3) is 1.85. The summed E-state index contributed by atoms with van der Waals surface area (Å²) in [7, 11) is 0. The van der Waals surface area contributed by atoms with Gasteiger partial charge in [0, 0.05) is 18.0 Å². The number of nitrogens with zero attached hydrogens (tertiary/aromatic N) is 6. The van der Waals surface area contributed by atoms with E-state index in [1.54, 1.807) is 24.5 Å². The van der Waals surface area contributed by atoms with E-state index in [0.717, 1.165) is 10.6 Å². The van der Waals surface area contributed by atoms with Crippen LogP contribution >= 0.6 is 11.3 Å². The Balaban J connectivity index is 1.97. The fraction of sp³-hybridized carbons (Fsp3) is 0. The summed E-state index contributed by atoms with van der Waals surface area (Å²) >= 11 is 1.32. The zero-order valence-electron chi connectivity index (χ0n) is 9.06. The number of rotatable bonds is 2. The molecule has 0 aliphatic rings. The molecule has 0 aliphatic heterocycles. The Kier molecular flexibility index (Phi) is 2.55. The van der Waals surface area contributed by atoms with Crippen molar-refractivity contribution in [3.05, 3.63) is 41.5 Å². The molecule has 0 saturated heterocycles. The summed E-state index contributed by atoms with van der Waals surface area (Å²) in [5, 5.41) is 21.7. The molecule has 0 saturated carbocycles. The van der Waals surface area contributed by atoms with Crippen LogP contribution in [0, 0.1) is 11.3 Å².